The van der Waals surface area contributed by atoms with Gasteiger partial charge in [0.1, 0.15) is 6.04 Å². The van der Waals surface area contributed by atoms with Crippen LogP contribution in [0.2, 0.25) is 0 Å². The molecular formula is C25H35F3N2O4. The highest BCUT2D eigenvalue weighted by molar-refractivity contribution is 5.89. The summed E-state index contributed by atoms with van der Waals surface area (Å²) >= 11 is 0. The second-order valence-electron chi connectivity index (χ2n) is 11.2. The van der Waals surface area contributed by atoms with Gasteiger partial charge in [-0.2, -0.15) is 13.2 Å². The molecule has 190 valence electrons. The maximum absolute atomic E-state index is 13.4. The fourth-order valence-corrected chi connectivity index (χ4v) is 7.72. The van der Waals surface area contributed by atoms with E-state index in [0.717, 1.165) is 46.1 Å². The van der Waals surface area contributed by atoms with Crippen molar-refractivity contribution in [1.82, 2.24) is 10.6 Å². The van der Waals surface area contributed by atoms with E-state index in [2.05, 4.69) is 35.3 Å². The van der Waals surface area contributed by atoms with Gasteiger partial charge in [-0.25, -0.2) is 4.79 Å². The van der Waals surface area contributed by atoms with Crippen LogP contribution >= 0.6 is 0 Å². The van der Waals surface area contributed by atoms with E-state index in [1.807, 2.05) is 0 Å². The third-order valence-electron chi connectivity index (χ3n) is 9.77. The molecule has 34 heavy (non-hydrogen) atoms. The predicted molar refractivity (Wildman–Crippen MR) is 118 cm³/mol. The largest absolute Gasteiger partial charge is 0.467 e. The van der Waals surface area contributed by atoms with Crippen molar-refractivity contribution in [2.45, 2.75) is 77.6 Å². The third kappa shape index (κ3) is 3.92. The monoisotopic (exact) mass is 484 g/mol. The van der Waals surface area contributed by atoms with Gasteiger partial charge in [0, 0.05) is 17.4 Å². The Hall–Kier alpha value is -2.06. The zero-order valence-electron chi connectivity index (χ0n) is 20.2. The lowest BCUT2D eigenvalue weighted by atomic mass is 9.48. The summed E-state index contributed by atoms with van der Waals surface area (Å²) in [6.45, 7) is 5.20. The van der Waals surface area contributed by atoms with Crippen molar-refractivity contribution in [1.29, 1.82) is 0 Å². The minimum atomic E-state index is -4.64. The zero-order chi connectivity index (χ0) is 25.1. The third-order valence-corrected chi connectivity index (χ3v) is 9.77. The molecule has 2 N–H and O–H groups in total. The molecule has 3 fully saturated rings. The molecule has 0 bridgehead atoms. The smallest absolute Gasteiger partial charge is 0.394 e. The van der Waals surface area contributed by atoms with E-state index in [0.29, 0.717) is 18.3 Å². The number of alkyl halides is 3. The molecule has 2 unspecified atom stereocenters. The van der Waals surface area contributed by atoms with E-state index >= 15 is 0 Å². The molecule has 0 aromatic heterocycles. The second kappa shape index (κ2) is 8.55. The topological polar surface area (TPSA) is 84.5 Å². The Morgan fingerprint density at radius 3 is 2.50 bits per heavy atom. The van der Waals surface area contributed by atoms with Crippen LogP contribution in [0, 0.1) is 40.4 Å². The molecule has 4 rings (SSSR count). The fraction of sp³-hybridized carbons (Fsp3) is 0.800. The first-order valence-corrected chi connectivity index (χ1v) is 12.3. The van der Waals surface area contributed by atoms with Gasteiger partial charge >= 0.3 is 12.1 Å². The molecule has 0 aromatic rings. The zero-order valence-corrected chi connectivity index (χ0v) is 20.2. The van der Waals surface area contributed by atoms with Gasteiger partial charge in [0.15, 0.2) is 0 Å². The van der Waals surface area contributed by atoms with Crippen molar-refractivity contribution in [3.63, 3.8) is 0 Å². The van der Waals surface area contributed by atoms with Crippen LogP contribution in [0.5, 0.6) is 0 Å². The summed E-state index contributed by atoms with van der Waals surface area (Å²) in [6, 6.07) is -1.65. The van der Waals surface area contributed by atoms with Gasteiger partial charge < -0.3 is 15.4 Å². The molecular weight excluding hydrogens is 449 g/mol. The number of carbonyl (C=O) groups is 3. The van der Waals surface area contributed by atoms with Gasteiger partial charge in [-0.15, -0.1) is 0 Å². The van der Waals surface area contributed by atoms with Crippen LogP contribution in [0.15, 0.2) is 12.2 Å². The summed E-state index contributed by atoms with van der Waals surface area (Å²) in [5.41, 5.74) is -0.463. The van der Waals surface area contributed by atoms with E-state index < -0.39 is 35.9 Å². The maximum Gasteiger partial charge on any atom is 0.394 e. The molecule has 0 radical (unpaired) electrons. The Bertz CT molecular complexity index is 890. The van der Waals surface area contributed by atoms with E-state index in [-0.39, 0.29) is 28.7 Å². The van der Waals surface area contributed by atoms with Gasteiger partial charge in [-0.1, -0.05) is 26.8 Å². The average molecular weight is 485 g/mol. The Labute approximate surface area is 198 Å². The summed E-state index contributed by atoms with van der Waals surface area (Å²) < 4.78 is 44.6. The lowest BCUT2D eigenvalue weighted by Crippen LogP contribution is -2.60. The van der Waals surface area contributed by atoms with Crippen molar-refractivity contribution in [3.8, 4) is 0 Å². The standard InChI is InChI=1S/C25H35F3N2O4/c1-13(25(26,27)28)20(22(33)34-4)30-21(32)17-7-6-15-14-5-8-18-24(3,12-10-19(31)29-18)16(14)9-11-23(15,17)2/h10,12-18,20H,5-9,11H2,1-4H3,(H,29,31)(H,30,32)/t13?,14-,15-,16-,17+,18+,20?,23-,24+/m0/s1. The van der Waals surface area contributed by atoms with Crippen molar-refractivity contribution >= 4 is 17.8 Å². The average Bonchev–Trinajstić information content (AvgIpc) is 3.13. The number of halogens is 3. The van der Waals surface area contributed by atoms with Crippen LogP contribution in [-0.2, 0) is 19.1 Å². The molecule has 9 atom stereocenters. The first kappa shape index (κ1) is 25.0. The van der Waals surface area contributed by atoms with Crippen LogP contribution in [0.3, 0.4) is 0 Å². The number of hydrogen-bond acceptors (Lipinski definition) is 4. The number of fused-ring (bicyclic) bond motifs is 5. The van der Waals surface area contributed by atoms with Gasteiger partial charge in [-0.3, -0.25) is 9.59 Å². The Kier molecular flexibility index (Phi) is 6.30. The first-order chi connectivity index (χ1) is 15.8. The van der Waals surface area contributed by atoms with E-state index in [1.165, 1.54) is 0 Å². The van der Waals surface area contributed by atoms with Gasteiger partial charge in [0.25, 0.3) is 0 Å². The number of hydrogen-bond donors (Lipinski definition) is 2. The molecule has 3 aliphatic carbocycles. The van der Waals surface area contributed by atoms with Gasteiger partial charge in [0.2, 0.25) is 11.8 Å². The highest BCUT2D eigenvalue weighted by Gasteiger charge is 2.61. The highest BCUT2D eigenvalue weighted by Crippen LogP contribution is 2.65. The van der Waals surface area contributed by atoms with Gasteiger partial charge in [0.05, 0.1) is 13.0 Å². The van der Waals surface area contributed by atoms with E-state index in [4.69, 9.17) is 0 Å². The summed E-state index contributed by atoms with van der Waals surface area (Å²) in [6.07, 6.45) is 4.02. The number of carbonyl (C=O) groups excluding carboxylic acids is 3. The number of ether oxygens (including phenoxy) is 1. The molecule has 2 amide bonds. The minimum Gasteiger partial charge on any atom is -0.467 e. The summed E-state index contributed by atoms with van der Waals surface area (Å²) in [7, 11) is 1.03. The molecule has 0 spiro atoms. The van der Waals surface area contributed by atoms with Crippen LogP contribution in [0.1, 0.15) is 59.3 Å². The highest BCUT2D eigenvalue weighted by atomic mass is 19.4. The second-order valence-corrected chi connectivity index (χ2v) is 11.2. The molecule has 3 saturated carbocycles. The molecule has 1 aliphatic heterocycles. The van der Waals surface area contributed by atoms with Crippen LogP contribution in [-0.4, -0.2) is 43.2 Å². The number of esters is 1. The number of amides is 2. The van der Waals surface area contributed by atoms with Gasteiger partial charge in [-0.05, 0) is 67.8 Å². The number of rotatable bonds is 4. The summed E-state index contributed by atoms with van der Waals surface area (Å²) in [5.74, 6) is -3.06. The van der Waals surface area contributed by atoms with Crippen LogP contribution < -0.4 is 10.6 Å². The van der Waals surface area contributed by atoms with Crippen molar-refractivity contribution in [3.05, 3.63) is 12.2 Å². The number of methoxy groups -OCH3 is 1. The van der Waals surface area contributed by atoms with Crippen molar-refractivity contribution < 1.29 is 32.3 Å². The lowest BCUT2D eigenvalue weighted by Gasteiger charge is -2.58. The maximum atomic E-state index is 13.4. The quantitative estimate of drug-likeness (QED) is 0.596. The van der Waals surface area contributed by atoms with Crippen LogP contribution in [0.25, 0.3) is 0 Å². The predicted octanol–water partition coefficient (Wildman–Crippen LogP) is 3.76. The van der Waals surface area contributed by atoms with E-state index in [9.17, 15) is 27.6 Å². The fourth-order valence-electron chi connectivity index (χ4n) is 7.72. The van der Waals surface area contributed by atoms with E-state index in [1.54, 1.807) is 6.08 Å². The van der Waals surface area contributed by atoms with Crippen molar-refractivity contribution in [2.24, 2.45) is 40.4 Å². The van der Waals surface area contributed by atoms with Crippen molar-refractivity contribution in [2.75, 3.05) is 7.11 Å². The first-order valence-electron chi connectivity index (χ1n) is 12.3. The lowest BCUT2D eigenvalue weighted by molar-refractivity contribution is -0.187. The molecule has 0 saturated heterocycles. The Morgan fingerprint density at radius 1 is 1.15 bits per heavy atom. The molecule has 4 aliphatic rings. The molecule has 6 nitrogen and oxygen atoms in total. The Morgan fingerprint density at radius 2 is 1.85 bits per heavy atom. The minimum absolute atomic E-state index is 0.0487. The summed E-state index contributed by atoms with van der Waals surface area (Å²) in [5, 5.41) is 5.53. The molecule has 0 aromatic carbocycles. The number of nitrogens with one attached hydrogen (secondary N) is 2. The normalized spacial score (nSPS) is 40.8. The van der Waals surface area contributed by atoms with Crippen LogP contribution in [0.4, 0.5) is 13.2 Å². The molecule has 9 heteroatoms. The SMILES string of the molecule is COC(=O)C(NC(=O)[C@H]1CC[C@H]2[C@@H]3CC[C@H]4NC(=O)C=C[C@]4(C)[C@H]3CC[C@]12C)C(C)C(F)(F)F. The summed E-state index contributed by atoms with van der Waals surface area (Å²) in [4.78, 5) is 37.3. The Balaban J connectivity index is 1.53. The molecule has 1 heterocycles.